The highest BCUT2D eigenvalue weighted by atomic mass is 79.9. The van der Waals surface area contributed by atoms with Crippen molar-refractivity contribution in [1.82, 2.24) is 9.97 Å². The normalized spacial score (nSPS) is 11.3. The summed E-state index contributed by atoms with van der Waals surface area (Å²) in [5.41, 5.74) is 0.575. The molecule has 0 aliphatic heterocycles. The molecule has 4 aromatic rings. The first-order chi connectivity index (χ1) is 11.9. The number of fused-ring (bicyclic) bond motifs is 3. The zero-order valence-corrected chi connectivity index (χ0v) is 14.6. The molecule has 0 unspecified atom stereocenters. The number of nitrogens with one attached hydrogen (secondary N) is 1. The Balaban J connectivity index is 2.05. The van der Waals surface area contributed by atoms with Gasteiger partial charge in [-0.05, 0) is 24.3 Å². The van der Waals surface area contributed by atoms with Crippen LogP contribution in [0.15, 0.2) is 50.1 Å². The second-order valence-corrected chi connectivity index (χ2v) is 6.58. The average molecular weight is 421 g/mol. The number of nitro benzene ring substituents is 1. The van der Waals surface area contributed by atoms with E-state index in [1.165, 1.54) is 18.2 Å². The second-order valence-electron chi connectivity index (χ2n) is 5.26. The van der Waals surface area contributed by atoms with Gasteiger partial charge in [-0.3, -0.25) is 14.9 Å². The van der Waals surface area contributed by atoms with Gasteiger partial charge in [0.1, 0.15) is 16.9 Å². The number of non-ortho nitro benzene ring substituents is 1. The molecule has 0 saturated carbocycles. The molecule has 0 saturated heterocycles. The molecule has 0 radical (unpaired) electrons. The summed E-state index contributed by atoms with van der Waals surface area (Å²) in [6.45, 7) is 0. The van der Waals surface area contributed by atoms with Crippen molar-refractivity contribution in [3.8, 4) is 11.4 Å². The van der Waals surface area contributed by atoms with Gasteiger partial charge in [0.25, 0.3) is 11.2 Å². The lowest BCUT2D eigenvalue weighted by Gasteiger charge is -2.03. The Morgan fingerprint density at radius 3 is 2.80 bits per heavy atom. The molecule has 4 rings (SSSR count). The number of rotatable bonds is 2. The van der Waals surface area contributed by atoms with Crippen LogP contribution in [0.4, 0.5) is 5.69 Å². The summed E-state index contributed by atoms with van der Waals surface area (Å²) >= 11 is 9.51. The van der Waals surface area contributed by atoms with Crippen LogP contribution >= 0.6 is 27.5 Å². The molecular weight excluding hydrogens is 414 g/mol. The number of aromatic nitrogens is 2. The highest BCUT2D eigenvalue weighted by Gasteiger charge is 2.18. The Morgan fingerprint density at radius 1 is 1.24 bits per heavy atom. The molecule has 2 aromatic carbocycles. The lowest BCUT2D eigenvalue weighted by molar-refractivity contribution is -0.384. The van der Waals surface area contributed by atoms with Gasteiger partial charge in [0, 0.05) is 27.6 Å². The fraction of sp³-hybridized carbons (Fsp3) is 0. The molecular formula is C16H7BrClN3O4. The van der Waals surface area contributed by atoms with Gasteiger partial charge in [0.05, 0.1) is 9.95 Å². The molecule has 2 heterocycles. The minimum Gasteiger partial charge on any atom is -0.449 e. The highest BCUT2D eigenvalue weighted by molar-refractivity contribution is 9.10. The van der Waals surface area contributed by atoms with Crippen LogP contribution in [0.1, 0.15) is 0 Å². The van der Waals surface area contributed by atoms with E-state index in [0.717, 1.165) is 4.47 Å². The SMILES string of the molecule is O=c1[nH]c(-c2cc([N+](=O)[O-])ccc2Cl)nc2c1oc1ccc(Br)cc12. The van der Waals surface area contributed by atoms with Gasteiger partial charge in [-0.2, -0.15) is 0 Å². The van der Waals surface area contributed by atoms with Crippen molar-refractivity contribution in [3.05, 3.63) is 66.4 Å². The van der Waals surface area contributed by atoms with Crippen molar-refractivity contribution < 1.29 is 9.34 Å². The fourth-order valence-corrected chi connectivity index (χ4v) is 3.13. The number of H-pyrrole nitrogens is 1. The molecule has 25 heavy (non-hydrogen) atoms. The van der Waals surface area contributed by atoms with E-state index in [-0.39, 0.29) is 27.7 Å². The smallest absolute Gasteiger partial charge is 0.294 e. The average Bonchev–Trinajstić information content (AvgIpc) is 2.93. The fourth-order valence-electron chi connectivity index (χ4n) is 2.56. The van der Waals surface area contributed by atoms with E-state index in [0.29, 0.717) is 16.5 Å². The molecule has 9 heteroatoms. The summed E-state index contributed by atoms with van der Waals surface area (Å²) in [6, 6.07) is 9.24. The molecule has 0 spiro atoms. The van der Waals surface area contributed by atoms with Crippen molar-refractivity contribution in [2.24, 2.45) is 0 Å². The van der Waals surface area contributed by atoms with Crippen molar-refractivity contribution in [2.75, 3.05) is 0 Å². The molecule has 0 amide bonds. The minimum absolute atomic E-state index is 0.0819. The first-order valence-electron chi connectivity index (χ1n) is 7.00. The van der Waals surface area contributed by atoms with Gasteiger partial charge in [0.2, 0.25) is 5.58 Å². The molecule has 0 aliphatic carbocycles. The van der Waals surface area contributed by atoms with E-state index in [9.17, 15) is 14.9 Å². The molecule has 2 aromatic heterocycles. The summed E-state index contributed by atoms with van der Waals surface area (Å²) in [7, 11) is 0. The van der Waals surface area contributed by atoms with Crippen molar-refractivity contribution >= 4 is 55.3 Å². The number of nitro groups is 1. The Labute approximate surface area is 152 Å². The minimum atomic E-state index is -0.541. The third kappa shape index (κ3) is 2.59. The molecule has 7 nitrogen and oxygen atoms in total. The number of hydrogen-bond acceptors (Lipinski definition) is 5. The van der Waals surface area contributed by atoms with Gasteiger partial charge in [-0.15, -0.1) is 0 Å². The van der Waals surface area contributed by atoms with E-state index in [4.69, 9.17) is 16.0 Å². The summed E-state index contributed by atoms with van der Waals surface area (Å²) in [4.78, 5) is 29.8. The monoisotopic (exact) mass is 419 g/mol. The maximum absolute atomic E-state index is 12.4. The van der Waals surface area contributed by atoms with Crippen LogP contribution in [-0.2, 0) is 0 Å². The predicted octanol–water partition coefficient (Wildman–Crippen LogP) is 4.66. The third-order valence-electron chi connectivity index (χ3n) is 3.70. The molecule has 0 bridgehead atoms. The molecule has 124 valence electrons. The number of furan rings is 1. The quantitative estimate of drug-likeness (QED) is 0.375. The van der Waals surface area contributed by atoms with Crippen LogP contribution in [0.5, 0.6) is 0 Å². The zero-order chi connectivity index (χ0) is 17.7. The first-order valence-corrected chi connectivity index (χ1v) is 8.17. The van der Waals surface area contributed by atoms with Crippen molar-refractivity contribution in [2.45, 2.75) is 0 Å². The lowest BCUT2D eigenvalue weighted by Crippen LogP contribution is -2.08. The van der Waals surface area contributed by atoms with Crippen molar-refractivity contribution in [1.29, 1.82) is 0 Å². The van der Waals surface area contributed by atoms with Gasteiger partial charge < -0.3 is 9.40 Å². The first kappa shape index (κ1) is 15.8. The molecule has 0 aliphatic rings. The molecule has 1 N–H and O–H groups in total. The van der Waals surface area contributed by atoms with E-state index >= 15 is 0 Å². The Hall–Kier alpha value is -2.71. The number of halogens is 2. The zero-order valence-electron chi connectivity index (χ0n) is 12.2. The van der Waals surface area contributed by atoms with Crippen molar-refractivity contribution in [3.63, 3.8) is 0 Å². The van der Waals surface area contributed by atoms with Gasteiger partial charge >= 0.3 is 0 Å². The van der Waals surface area contributed by atoms with E-state index < -0.39 is 10.5 Å². The van der Waals surface area contributed by atoms with Crippen LogP contribution in [0.3, 0.4) is 0 Å². The Bertz CT molecular complexity index is 1230. The topological polar surface area (TPSA) is 102 Å². The number of benzene rings is 2. The number of aromatic amines is 1. The summed E-state index contributed by atoms with van der Waals surface area (Å²) in [6.07, 6.45) is 0. The standard InChI is InChI=1S/C16H7BrClN3O4/c17-7-1-4-12-10(5-7)13-14(25-12)16(22)20-15(19-13)9-6-8(21(23)24)2-3-11(9)18/h1-6H,(H,19,20,22). The Kier molecular flexibility index (Phi) is 3.59. The van der Waals surface area contributed by atoms with E-state index in [1.807, 2.05) is 0 Å². The van der Waals surface area contributed by atoms with Crippen LogP contribution in [0.2, 0.25) is 5.02 Å². The van der Waals surface area contributed by atoms with Gasteiger partial charge in [-0.25, -0.2) is 4.98 Å². The number of hydrogen-bond donors (Lipinski definition) is 1. The largest absolute Gasteiger partial charge is 0.449 e. The second kappa shape index (κ2) is 5.68. The maximum Gasteiger partial charge on any atom is 0.294 e. The highest BCUT2D eigenvalue weighted by Crippen LogP contribution is 2.32. The van der Waals surface area contributed by atoms with Gasteiger partial charge in [-0.1, -0.05) is 27.5 Å². The van der Waals surface area contributed by atoms with Crippen LogP contribution in [0, 0.1) is 10.1 Å². The van der Waals surface area contributed by atoms with E-state index in [2.05, 4.69) is 25.9 Å². The third-order valence-corrected chi connectivity index (χ3v) is 4.52. The van der Waals surface area contributed by atoms with Crippen LogP contribution < -0.4 is 5.56 Å². The van der Waals surface area contributed by atoms with Crippen LogP contribution in [-0.4, -0.2) is 14.9 Å². The molecule has 0 fully saturated rings. The lowest BCUT2D eigenvalue weighted by atomic mass is 10.1. The van der Waals surface area contributed by atoms with Crippen LogP contribution in [0.25, 0.3) is 33.5 Å². The molecule has 0 atom stereocenters. The number of nitrogens with zero attached hydrogens (tertiary/aromatic N) is 2. The van der Waals surface area contributed by atoms with Gasteiger partial charge in [0.15, 0.2) is 0 Å². The van der Waals surface area contributed by atoms with E-state index in [1.54, 1.807) is 18.2 Å². The maximum atomic E-state index is 12.4. The Morgan fingerprint density at radius 2 is 2.04 bits per heavy atom. The summed E-state index contributed by atoms with van der Waals surface area (Å²) in [5.74, 6) is 0.133. The summed E-state index contributed by atoms with van der Waals surface area (Å²) in [5, 5.41) is 11.9. The predicted molar refractivity (Wildman–Crippen MR) is 96.9 cm³/mol. The summed E-state index contributed by atoms with van der Waals surface area (Å²) < 4.78 is 6.36.